The van der Waals surface area contributed by atoms with Crippen LogP contribution in [0.3, 0.4) is 0 Å². The van der Waals surface area contributed by atoms with Gasteiger partial charge in [0.25, 0.3) is 0 Å². The number of pyridine rings is 1. The van der Waals surface area contributed by atoms with Crippen molar-refractivity contribution in [2.75, 3.05) is 12.4 Å². The average molecular weight is 290 g/mol. The van der Waals surface area contributed by atoms with Crippen LogP contribution in [0.15, 0.2) is 30.3 Å². The molecule has 0 unspecified atom stereocenters. The van der Waals surface area contributed by atoms with Crippen molar-refractivity contribution in [2.45, 2.75) is 27.2 Å². The molecule has 2 heterocycles. The molecule has 108 valence electrons. The van der Waals surface area contributed by atoms with Crippen molar-refractivity contribution >= 4 is 23.4 Å². The predicted octanol–water partition coefficient (Wildman–Crippen LogP) is 4.26. The molecule has 0 atom stereocenters. The van der Waals surface area contributed by atoms with E-state index in [1.54, 1.807) is 0 Å². The van der Waals surface area contributed by atoms with E-state index < -0.39 is 0 Å². The first kappa shape index (κ1) is 16.4. The zero-order chi connectivity index (χ0) is 15.0. The summed E-state index contributed by atoms with van der Waals surface area (Å²) in [6, 6.07) is 10.5. The maximum atomic E-state index is 8.81. The van der Waals surface area contributed by atoms with Crippen LogP contribution in [0.25, 0.3) is 10.6 Å². The van der Waals surface area contributed by atoms with Crippen LogP contribution in [0.1, 0.15) is 25.6 Å². The Labute approximate surface area is 125 Å². The van der Waals surface area contributed by atoms with E-state index in [1.807, 2.05) is 30.5 Å². The summed E-state index contributed by atoms with van der Waals surface area (Å²) in [5.74, 6) is 1.62. The summed E-state index contributed by atoms with van der Waals surface area (Å²) in [5.41, 5.74) is 1.05. The Morgan fingerprint density at radius 1 is 1.30 bits per heavy atom. The number of carbonyl (C=O) groups excluding carboxylic acids is 1. The summed E-state index contributed by atoms with van der Waals surface area (Å²) < 4.78 is 0. The van der Waals surface area contributed by atoms with E-state index in [0.717, 1.165) is 24.2 Å². The molecule has 0 radical (unpaired) electrons. The molecular formula is C16H22N2OS. The van der Waals surface area contributed by atoms with E-state index in [4.69, 9.17) is 4.79 Å². The minimum Gasteiger partial charge on any atom is -0.373 e. The van der Waals surface area contributed by atoms with Crippen LogP contribution < -0.4 is 5.32 Å². The summed E-state index contributed by atoms with van der Waals surface area (Å²) in [7, 11) is 1.89. The normalized spacial score (nSPS) is 9.85. The molecule has 2 rings (SSSR count). The van der Waals surface area contributed by atoms with Crippen LogP contribution in [-0.4, -0.2) is 18.3 Å². The molecule has 0 aliphatic rings. The fraction of sp³-hybridized carbons (Fsp3) is 0.375. The van der Waals surface area contributed by atoms with Gasteiger partial charge in [0.15, 0.2) is 0 Å². The molecule has 0 aliphatic carbocycles. The Bertz CT molecular complexity index is 535. The fourth-order valence-electron chi connectivity index (χ4n) is 1.74. The Balaban J connectivity index is 0.000000612. The average Bonchev–Trinajstić information content (AvgIpc) is 2.87. The molecule has 0 fully saturated rings. The number of carbonyl (C=O) groups is 1. The maximum Gasteiger partial charge on any atom is 0.126 e. The highest BCUT2D eigenvalue weighted by Crippen LogP contribution is 2.28. The van der Waals surface area contributed by atoms with Gasteiger partial charge in [-0.1, -0.05) is 19.9 Å². The number of hydrogen-bond donors (Lipinski definition) is 1. The molecular weight excluding hydrogens is 268 g/mol. The minimum atomic E-state index is 0.707. The maximum absolute atomic E-state index is 8.81. The van der Waals surface area contributed by atoms with Crippen molar-refractivity contribution in [2.24, 2.45) is 5.92 Å². The Morgan fingerprint density at radius 3 is 2.60 bits per heavy atom. The third-order valence-corrected chi connectivity index (χ3v) is 3.66. The Morgan fingerprint density at radius 2 is 2.00 bits per heavy atom. The lowest BCUT2D eigenvalue weighted by atomic mass is 10.1. The largest absolute Gasteiger partial charge is 0.373 e. The van der Waals surface area contributed by atoms with Gasteiger partial charge in [-0.05, 0) is 43.5 Å². The van der Waals surface area contributed by atoms with E-state index in [-0.39, 0.29) is 0 Å². The van der Waals surface area contributed by atoms with E-state index in [2.05, 4.69) is 42.3 Å². The quantitative estimate of drug-likeness (QED) is 0.856. The van der Waals surface area contributed by atoms with Gasteiger partial charge in [-0.15, -0.1) is 11.3 Å². The summed E-state index contributed by atoms with van der Waals surface area (Å²) >= 11 is 1.84. The molecule has 2 aromatic heterocycles. The van der Waals surface area contributed by atoms with E-state index in [9.17, 15) is 0 Å². The number of rotatable bonds is 4. The molecule has 0 amide bonds. The number of aromatic nitrogens is 1. The van der Waals surface area contributed by atoms with Crippen LogP contribution in [0.4, 0.5) is 5.82 Å². The summed E-state index contributed by atoms with van der Waals surface area (Å²) in [6.07, 6.45) is 1.90. The minimum absolute atomic E-state index is 0.707. The van der Waals surface area contributed by atoms with Crippen molar-refractivity contribution in [3.8, 4) is 10.6 Å². The first-order valence-electron chi connectivity index (χ1n) is 6.74. The first-order chi connectivity index (χ1) is 9.60. The van der Waals surface area contributed by atoms with Crippen molar-refractivity contribution < 1.29 is 4.79 Å². The molecule has 0 aromatic carbocycles. The van der Waals surface area contributed by atoms with Gasteiger partial charge in [-0.25, -0.2) is 4.98 Å². The SMILES string of the molecule is CC=O.CNc1cccc(-c2ccc(CC(C)C)s2)n1. The first-order valence-corrected chi connectivity index (χ1v) is 7.56. The topological polar surface area (TPSA) is 42.0 Å². The molecule has 0 saturated heterocycles. The van der Waals surface area contributed by atoms with Gasteiger partial charge in [-0.3, -0.25) is 0 Å². The number of aldehydes is 1. The van der Waals surface area contributed by atoms with Crippen molar-refractivity contribution in [1.29, 1.82) is 0 Å². The predicted molar refractivity (Wildman–Crippen MR) is 87.4 cm³/mol. The van der Waals surface area contributed by atoms with Crippen molar-refractivity contribution in [1.82, 2.24) is 4.98 Å². The molecule has 3 nitrogen and oxygen atoms in total. The van der Waals surface area contributed by atoms with Gasteiger partial charge in [0.2, 0.25) is 0 Å². The number of anilines is 1. The summed E-state index contributed by atoms with van der Waals surface area (Å²) in [6.45, 7) is 5.94. The summed E-state index contributed by atoms with van der Waals surface area (Å²) in [5, 5.41) is 3.07. The molecule has 20 heavy (non-hydrogen) atoms. The zero-order valence-electron chi connectivity index (χ0n) is 12.5. The van der Waals surface area contributed by atoms with Crippen molar-refractivity contribution in [3.05, 3.63) is 35.2 Å². The summed E-state index contributed by atoms with van der Waals surface area (Å²) in [4.78, 5) is 16.0. The van der Waals surface area contributed by atoms with Gasteiger partial charge < -0.3 is 10.1 Å². The molecule has 0 aliphatic heterocycles. The second-order valence-electron chi connectivity index (χ2n) is 4.76. The number of nitrogens with one attached hydrogen (secondary N) is 1. The highest BCUT2D eigenvalue weighted by atomic mass is 32.1. The molecule has 0 spiro atoms. The van der Waals surface area contributed by atoms with Crippen LogP contribution in [0.5, 0.6) is 0 Å². The third-order valence-electron chi connectivity index (χ3n) is 2.53. The van der Waals surface area contributed by atoms with Crippen LogP contribution >= 0.6 is 11.3 Å². The van der Waals surface area contributed by atoms with E-state index in [1.165, 1.54) is 16.7 Å². The second-order valence-corrected chi connectivity index (χ2v) is 5.93. The highest BCUT2D eigenvalue weighted by molar-refractivity contribution is 7.15. The monoisotopic (exact) mass is 290 g/mol. The van der Waals surface area contributed by atoms with Crippen molar-refractivity contribution in [3.63, 3.8) is 0 Å². The van der Waals surface area contributed by atoms with Gasteiger partial charge >= 0.3 is 0 Å². The number of hydrogen-bond acceptors (Lipinski definition) is 4. The number of thiophene rings is 1. The van der Waals surface area contributed by atoms with Crippen LogP contribution in [0, 0.1) is 5.92 Å². The molecule has 2 aromatic rings. The molecule has 0 saturated carbocycles. The lowest BCUT2D eigenvalue weighted by molar-refractivity contribution is -0.106. The molecule has 1 N–H and O–H groups in total. The molecule has 0 bridgehead atoms. The van der Waals surface area contributed by atoms with Crippen LogP contribution in [-0.2, 0) is 11.2 Å². The Kier molecular flexibility index (Phi) is 6.94. The van der Waals surface area contributed by atoms with Gasteiger partial charge in [0, 0.05) is 11.9 Å². The Hall–Kier alpha value is -1.68. The van der Waals surface area contributed by atoms with Gasteiger partial charge in [0.1, 0.15) is 12.1 Å². The lowest BCUT2D eigenvalue weighted by Crippen LogP contribution is -1.92. The van der Waals surface area contributed by atoms with E-state index >= 15 is 0 Å². The smallest absolute Gasteiger partial charge is 0.126 e. The van der Waals surface area contributed by atoms with Gasteiger partial charge in [0.05, 0.1) is 10.6 Å². The third kappa shape index (κ3) is 5.13. The highest BCUT2D eigenvalue weighted by Gasteiger charge is 2.06. The van der Waals surface area contributed by atoms with Gasteiger partial charge in [-0.2, -0.15) is 0 Å². The standard InChI is InChI=1S/C14H18N2S.C2H4O/c1-10(2)9-11-7-8-13(17-11)12-5-4-6-14(15-3)16-12;1-2-3/h4-8,10H,9H2,1-3H3,(H,15,16);2H,1H3. The lowest BCUT2D eigenvalue weighted by Gasteiger charge is -2.02. The van der Waals surface area contributed by atoms with Crippen LogP contribution in [0.2, 0.25) is 0 Å². The number of nitrogens with zero attached hydrogens (tertiary/aromatic N) is 1. The molecule has 4 heteroatoms. The zero-order valence-corrected chi connectivity index (χ0v) is 13.3. The second kappa shape index (κ2) is 8.48. The fourth-order valence-corrected chi connectivity index (χ4v) is 2.93. The van der Waals surface area contributed by atoms with E-state index in [0.29, 0.717) is 5.92 Å².